The van der Waals surface area contributed by atoms with Crippen LogP contribution in [0.5, 0.6) is 11.5 Å². The summed E-state index contributed by atoms with van der Waals surface area (Å²) in [4.78, 5) is 12.7. The van der Waals surface area contributed by atoms with Crippen LogP contribution in [-0.4, -0.2) is 46.9 Å². The van der Waals surface area contributed by atoms with Crippen molar-refractivity contribution >= 4 is 5.97 Å². The Hall–Kier alpha value is -1.75. The van der Waals surface area contributed by atoms with E-state index >= 15 is 0 Å². The zero-order valence-electron chi connectivity index (χ0n) is 11.8. The molecule has 0 unspecified atom stereocenters. The van der Waals surface area contributed by atoms with Gasteiger partial charge in [0.25, 0.3) is 0 Å². The van der Waals surface area contributed by atoms with Gasteiger partial charge >= 0.3 is 5.97 Å². The van der Waals surface area contributed by atoms with Crippen molar-refractivity contribution in [2.75, 3.05) is 41.0 Å². The highest BCUT2D eigenvalue weighted by molar-refractivity contribution is 5.71. The summed E-state index contributed by atoms with van der Waals surface area (Å²) in [5.41, 5.74) is 0. The molecule has 0 radical (unpaired) electrons. The zero-order chi connectivity index (χ0) is 14.1. The number of methoxy groups -OCH3 is 1. The van der Waals surface area contributed by atoms with E-state index in [1.807, 2.05) is 0 Å². The maximum atomic E-state index is 11.4. The van der Waals surface area contributed by atoms with Crippen LogP contribution < -0.4 is 14.4 Å². The van der Waals surface area contributed by atoms with Gasteiger partial charge in [0.1, 0.15) is 11.5 Å². The van der Waals surface area contributed by atoms with Gasteiger partial charge in [-0.05, 0) is 24.3 Å². The van der Waals surface area contributed by atoms with E-state index in [1.165, 1.54) is 4.90 Å². The largest absolute Gasteiger partial charge is 0.497 e. The van der Waals surface area contributed by atoms with E-state index in [1.54, 1.807) is 31.4 Å². The fraction of sp³-hybridized carbons (Fsp3) is 0.500. The minimum atomic E-state index is -0.343. The van der Waals surface area contributed by atoms with Crippen LogP contribution in [0.3, 0.4) is 0 Å². The number of carbonyl (C=O) groups is 1. The van der Waals surface area contributed by atoms with Crippen molar-refractivity contribution in [2.45, 2.75) is 6.42 Å². The third kappa shape index (κ3) is 6.67. The molecule has 0 amide bonds. The van der Waals surface area contributed by atoms with E-state index in [4.69, 9.17) is 14.2 Å². The molecule has 5 nitrogen and oxygen atoms in total. The van der Waals surface area contributed by atoms with Crippen LogP contribution >= 0.6 is 0 Å². The van der Waals surface area contributed by atoms with Gasteiger partial charge in [-0.3, -0.25) is 0 Å². The van der Waals surface area contributed by atoms with Crippen LogP contribution in [0.15, 0.2) is 24.3 Å². The highest BCUT2D eigenvalue weighted by Gasteiger charge is 2.05. The first kappa shape index (κ1) is 15.3. The minimum absolute atomic E-state index is 0.0683. The lowest BCUT2D eigenvalue weighted by Gasteiger charge is -2.09. The van der Waals surface area contributed by atoms with Crippen molar-refractivity contribution in [3.63, 3.8) is 0 Å². The number of carbonyl (C=O) groups excluding carboxylic acids is 1. The molecular weight excluding hydrogens is 246 g/mol. The molecule has 0 aliphatic rings. The number of rotatable bonds is 8. The van der Waals surface area contributed by atoms with Gasteiger partial charge < -0.3 is 19.1 Å². The summed E-state index contributed by atoms with van der Waals surface area (Å²) in [6.07, 6.45) is 0.858. The fourth-order valence-corrected chi connectivity index (χ4v) is 1.47. The maximum Gasteiger partial charge on any atom is 0.344 e. The summed E-state index contributed by atoms with van der Waals surface area (Å²) in [6, 6.07) is 7.06. The molecule has 0 atom stereocenters. The van der Waals surface area contributed by atoms with Gasteiger partial charge in [0.15, 0.2) is 6.61 Å². The molecule has 1 rings (SSSR count). The number of esters is 1. The normalized spacial score (nSPS) is 10.3. The molecule has 0 aliphatic heterocycles. The van der Waals surface area contributed by atoms with Crippen molar-refractivity contribution in [1.82, 2.24) is 0 Å². The Morgan fingerprint density at radius 1 is 1.16 bits per heavy atom. The Morgan fingerprint density at radius 3 is 2.37 bits per heavy atom. The van der Waals surface area contributed by atoms with Gasteiger partial charge in [0.05, 0.1) is 34.4 Å². The van der Waals surface area contributed by atoms with Crippen LogP contribution in [0, 0.1) is 0 Å². The predicted molar refractivity (Wildman–Crippen MR) is 71.7 cm³/mol. The second-order valence-electron chi connectivity index (χ2n) is 4.50. The topological polar surface area (TPSA) is 49.2 Å². The Kier molecular flexibility index (Phi) is 6.74. The molecule has 1 aromatic carbocycles. The molecule has 1 aromatic rings. The van der Waals surface area contributed by atoms with Gasteiger partial charge in [0, 0.05) is 6.42 Å². The third-order valence-electron chi connectivity index (χ3n) is 2.50. The smallest absolute Gasteiger partial charge is 0.344 e. The average molecular weight is 268 g/mol. The highest BCUT2D eigenvalue weighted by Crippen LogP contribution is 2.16. The summed E-state index contributed by atoms with van der Waals surface area (Å²) in [6.45, 7) is 1.35. The first-order valence-corrected chi connectivity index (χ1v) is 6.33. The van der Waals surface area contributed by atoms with Crippen LogP contribution in [0.2, 0.25) is 0 Å². The van der Waals surface area contributed by atoms with Crippen LogP contribution in [0.1, 0.15) is 6.42 Å². The number of quaternary nitrogens is 1. The number of hydrogen-bond donors (Lipinski definition) is 1. The number of ether oxygens (including phenoxy) is 3. The van der Waals surface area contributed by atoms with Crippen LogP contribution in [0.25, 0.3) is 0 Å². The molecule has 106 valence electrons. The second kappa shape index (κ2) is 8.37. The van der Waals surface area contributed by atoms with Crippen LogP contribution in [-0.2, 0) is 9.53 Å². The molecular formula is C14H22NO4+. The SMILES string of the molecule is COc1ccc(OCC(=O)OCCC[NH+](C)C)cc1. The lowest BCUT2D eigenvalue weighted by atomic mass is 10.3. The summed E-state index contributed by atoms with van der Waals surface area (Å²) in [5, 5.41) is 0. The molecule has 0 saturated heterocycles. The monoisotopic (exact) mass is 268 g/mol. The van der Waals surface area contributed by atoms with Gasteiger partial charge in [-0.1, -0.05) is 0 Å². The van der Waals surface area contributed by atoms with Crippen molar-refractivity contribution < 1.29 is 23.9 Å². The Labute approximate surface area is 114 Å². The average Bonchev–Trinajstić information content (AvgIpc) is 2.41. The lowest BCUT2D eigenvalue weighted by Crippen LogP contribution is -3.05. The van der Waals surface area contributed by atoms with Gasteiger partial charge in [-0.15, -0.1) is 0 Å². The van der Waals surface area contributed by atoms with E-state index in [2.05, 4.69) is 14.1 Å². The molecule has 1 N–H and O–H groups in total. The van der Waals surface area contributed by atoms with Crippen molar-refractivity contribution in [3.05, 3.63) is 24.3 Å². The van der Waals surface area contributed by atoms with Crippen molar-refractivity contribution in [3.8, 4) is 11.5 Å². The quantitative estimate of drug-likeness (QED) is 0.539. The molecule has 0 spiro atoms. The van der Waals surface area contributed by atoms with E-state index in [-0.39, 0.29) is 12.6 Å². The first-order valence-electron chi connectivity index (χ1n) is 6.33. The van der Waals surface area contributed by atoms with Crippen LogP contribution in [0.4, 0.5) is 0 Å². The first-order chi connectivity index (χ1) is 9.11. The van der Waals surface area contributed by atoms with E-state index < -0.39 is 0 Å². The van der Waals surface area contributed by atoms with Gasteiger partial charge in [0.2, 0.25) is 0 Å². The van der Waals surface area contributed by atoms with Gasteiger partial charge in [-0.2, -0.15) is 0 Å². The zero-order valence-corrected chi connectivity index (χ0v) is 11.8. The molecule has 0 aliphatic carbocycles. The van der Waals surface area contributed by atoms with E-state index in [0.717, 1.165) is 18.7 Å². The summed E-state index contributed by atoms with van der Waals surface area (Å²) in [5.74, 6) is 1.03. The lowest BCUT2D eigenvalue weighted by molar-refractivity contribution is -0.858. The maximum absolute atomic E-state index is 11.4. The van der Waals surface area contributed by atoms with Gasteiger partial charge in [-0.25, -0.2) is 4.79 Å². The summed E-state index contributed by atoms with van der Waals surface area (Å²) in [7, 11) is 5.73. The molecule has 0 heterocycles. The Balaban J connectivity index is 2.18. The number of nitrogens with one attached hydrogen (secondary N) is 1. The third-order valence-corrected chi connectivity index (χ3v) is 2.50. The van der Waals surface area contributed by atoms with E-state index in [9.17, 15) is 4.79 Å². The minimum Gasteiger partial charge on any atom is -0.497 e. The second-order valence-corrected chi connectivity index (χ2v) is 4.50. The fourth-order valence-electron chi connectivity index (χ4n) is 1.47. The molecule has 0 bridgehead atoms. The standard InChI is InChI=1S/C14H21NO4/c1-15(2)9-4-10-18-14(16)11-19-13-7-5-12(17-3)6-8-13/h5-8H,4,9-11H2,1-3H3/p+1. The predicted octanol–water partition coefficient (Wildman–Crippen LogP) is 0.152. The molecule has 5 heteroatoms. The molecule has 0 aromatic heterocycles. The van der Waals surface area contributed by atoms with Crippen molar-refractivity contribution in [1.29, 1.82) is 0 Å². The highest BCUT2D eigenvalue weighted by atomic mass is 16.6. The Morgan fingerprint density at radius 2 is 1.79 bits per heavy atom. The molecule has 0 fully saturated rings. The number of hydrogen-bond acceptors (Lipinski definition) is 4. The molecule has 0 saturated carbocycles. The summed E-state index contributed by atoms with van der Waals surface area (Å²) >= 11 is 0. The molecule has 19 heavy (non-hydrogen) atoms. The van der Waals surface area contributed by atoms with Crippen molar-refractivity contribution in [2.24, 2.45) is 0 Å². The van der Waals surface area contributed by atoms with E-state index in [0.29, 0.717) is 12.4 Å². The number of benzene rings is 1. The Bertz CT molecular complexity index is 376. The summed E-state index contributed by atoms with van der Waals surface area (Å²) < 4.78 is 15.4.